The molecule has 1 rings (SSSR count). The van der Waals surface area contributed by atoms with Gasteiger partial charge < -0.3 is 9.42 Å². The minimum absolute atomic E-state index is 0.139. The van der Waals surface area contributed by atoms with Gasteiger partial charge in [0.15, 0.2) is 0 Å². The van der Waals surface area contributed by atoms with Gasteiger partial charge in [-0.3, -0.25) is 9.36 Å². The fraction of sp³-hybridized carbons (Fsp3) is 0.417. The average molecular weight is 256 g/mol. The third-order valence-electron chi connectivity index (χ3n) is 2.24. The van der Waals surface area contributed by atoms with Gasteiger partial charge in [0.05, 0.1) is 6.61 Å². The molecule has 1 atom stereocenters. The summed E-state index contributed by atoms with van der Waals surface area (Å²) in [5, 5.41) is 0. The summed E-state index contributed by atoms with van der Waals surface area (Å²) in [6.07, 6.45) is 0.459. The van der Waals surface area contributed by atoms with Crippen molar-refractivity contribution in [2.24, 2.45) is 0 Å². The Morgan fingerprint density at radius 2 is 2.00 bits per heavy atom. The second kappa shape index (κ2) is 6.70. The Hall–Kier alpha value is -0.960. The van der Waals surface area contributed by atoms with Gasteiger partial charge in [0, 0.05) is 6.42 Å². The molecular weight excluding hydrogens is 239 g/mol. The third kappa shape index (κ3) is 5.78. The van der Waals surface area contributed by atoms with E-state index in [0.717, 1.165) is 5.56 Å². The van der Waals surface area contributed by atoms with Crippen LogP contribution in [0.2, 0.25) is 0 Å². The van der Waals surface area contributed by atoms with Gasteiger partial charge in [-0.15, -0.1) is 0 Å². The fourth-order valence-electron chi connectivity index (χ4n) is 1.48. The van der Waals surface area contributed by atoms with Crippen LogP contribution in [0, 0.1) is 0 Å². The number of carbonyl (C=O) groups excluding carboxylic acids is 1. The van der Waals surface area contributed by atoms with Crippen LogP contribution < -0.4 is 0 Å². The van der Waals surface area contributed by atoms with Gasteiger partial charge in [-0.05, 0) is 18.9 Å². The van der Waals surface area contributed by atoms with Crippen molar-refractivity contribution < 1.29 is 18.8 Å². The molecule has 0 aliphatic rings. The molecule has 4 nitrogen and oxygen atoms in total. The largest absolute Gasteiger partial charge is 0.335 e. The lowest BCUT2D eigenvalue weighted by atomic mass is 10.1. The number of hydrogen-bond acceptors (Lipinski definition) is 3. The summed E-state index contributed by atoms with van der Waals surface area (Å²) in [4.78, 5) is 20.8. The Balaban J connectivity index is 2.38. The number of rotatable bonds is 7. The highest BCUT2D eigenvalue weighted by molar-refractivity contribution is 7.53. The second-order valence-electron chi connectivity index (χ2n) is 3.74. The minimum Gasteiger partial charge on any atom is -0.324 e. The predicted octanol–water partition coefficient (Wildman–Crippen LogP) is 2.41. The Labute approximate surface area is 101 Å². The monoisotopic (exact) mass is 256 g/mol. The normalized spacial score (nSPS) is 14.2. The van der Waals surface area contributed by atoms with Crippen molar-refractivity contribution in [3.05, 3.63) is 35.9 Å². The van der Waals surface area contributed by atoms with E-state index in [2.05, 4.69) is 4.52 Å². The molecule has 94 valence electrons. The van der Waals surface area contributed by atoms with E-state index in [0.29, 0.717) is 6.42 Å². The first-order valence-electron chi connectivity index (χ1n) is 5.55. The van der Waals surface area contributed by atoms with Gasteiger partial charge in [0.25, 0.3) is 0 Å². The lowest BCUT2D eigenvalue weighted by Gasteiger charge is -2.09. The number of aryl methyl sites for hydroxylation is 1. The molecule has 0 aliphatic heterocycles. The van der Waals surface area contributed by atoms with Crippen LogP contribution in [0.3, 0.4) is 0 Å². The number of Topliss-reactive ketones (excluding diaryl/α,β-unsaturated/α-hetero) is 1. The van der Waals surface area contributed by atoms with Crippen LogP contribution >= 0.6 is 7.60 Å². The van der Waals surface area contributed by atoms with Crippen molar-refractivity contribution in [1.82, 2.24) is 0 Å². The first-order valence-corrected chi connectivity index (χ1v) is 7.32. The quantitative estimate of drug-likeness (QED) is 0.761. The van der Waals surface area contributed by atoms with Crippen LogP contribution in [0.25, 0.3) is 0 Å². The lowest BCUT2D eigenvalue weighted by molar-refractivity contribution is -0.116. The van der Waals surface area contributed by atoms with Crippen LogP contribution in [0.5, 0.6) is 0 Å². The van der Waals surface area contributed by atoms with Gasteiger partial charge >= 0.3 is 7.60 Å². The molecule has 0 heterocycles. The summed E-state index contributed by atoms with van der Waals surface area (Å²) in [7, 11) is -3.72. The highest BCUT2D eigenvalue weighted by Crippen LogP contribution is 2.41. The molecule has 1 unspecified atom stereocenters. The van der Waals surface area contributed by atoms with E-state index in [1.54, 1.807) is 6.92 Å². The van der Waals surface area contributed by atoms with E-state index in [9.17, 15) is 14.3 Å². The van der Waals surface area contributed by atoms with Gasteiger partial charge in [-0.25, -0.2) is 0 Å². The maximum absolute atomic E-state index is 11.5. The summed E-state index contributed by atoms with van der Waals surface area (Å²) >= 11 is 0. The molecule has 0 aliphatic carbocycles. The van der Waals surface area contributed by atoms with Gasteiger partial charge in [0.1, 0.15) is 11.9 Å². The standard InChI is InChI=1S/C12H17O4P/c1-2-16-17(14,15)10-12(13)9-8-11-6-4-3-5-7-11/h3-7H,2,8-10H2,1H3,(H,14,15). The van der Waals surface area contributed by atoms with Gasteiger partial charge in [0.2, 0.25) is 0 Å². The minimum atomic E-state index is -3.72. The Bertz CT molecular complexity index is 402. The zero-order valence-corrected chi connectivity index (χ0v) is 10.7. The van der Waals surface area contributed by atoms with Crippen molar-refractivity contribution in [1.29, 1.82) is 0 Å². The molecule has 1 N–H and O–H groups in total. The fourth-order valence-corrected chi connectivity index (χ4v) is 2.58. The SMILES string of the molecule is CCOP(=O)(O)CC(=O)CCc1ccccc1. The number of carbonyl (C=O) groups is 1. The molecule has 0 spiro atoms. The van der Waals surface area contributed by atoms with Crippen molar-refractivity contribution in [2.75, 3.05) is 12.8 Å². The molecule has 1 aromatic rings. The molecule has 0 aromatic heterocycles. The van der Waals surface area contributed by atoms with Crippen LogP contribution in [0.4, 0.5) is 0 Å². The second-order valence-corrected chi connectivity index (χ2v) is 5.59. The van der Waals surface area contributed by atoms with Gasteiger partial charge in [-0.1, -0.05) is 30.3 Å². The summed E-state index contributed by atoms with van der Waals surface area (Å²) in [5.41, 5.74) is 1.05. The van der Waals surface area contributed by atoms with E-state index in [4.69, 9.17) is 0 Å². The molecule has 17 heavy (non-hydrogen) atoms. The Morgan fingerprint density at radius 3 is 2.59 bits per heavy atom. The van der Waals surface area contributed by atoms with Crippen LogP contribution in [-0.2, 0) is 20.3 Å². The zero-order valence-electron chi connectivity index (χ0n) is 9.83. The Morgan fingerprint density at radius 1 is 1.35 bits per heavy atom. The van der Waals surface area contributed by atoms with Crippen molar-refractivity contribution in [3.8, 4) is 0 Å². The van der Waals surface area contributed by atoms with E-state index in [-0.39, 0.29) is 18.8 Å². The highest BCUT2D eigenvalue weighted by Gasteiger charge is 2.22. The first kappa shape index (κ1) is 14.1. The van der Waals surface area contributed by atoms with E-state index < -0.39 is 13.8 Å². The van der Waals surface area contributed by atoms with Crippen molar-refractivity contribution in [3.63, 3.8) is 0 Å². The smallest absolute Gasteiger partial charge is 0.324 e. The zero-order chi connectivity index (χ0) is 12.7. The number of hydrogen-bond donors (Lipinski definition) is 1. The van der Waals surface area contributed by atoms with Crippen LogP contribution in [0.1, 0.15) is 18.9 Å². The molecule has 0 bridgehead atoms. The topological polar surface area (TPSA) is 63.6 Å². The molecule has 0 saturated carbocycles. The molecule has 0 saturated heterocycles. The number of benzene rings is 1. The Kier molecular flexibility index (Phi) is 5.56. The lowest BCUT2D eigenvalue weighted by Crippen LogP contribution is -2.08. The predicted molar refractivity (Wildman–Crippen MR) is 66.1 cm³/mol. The van der Waals surface area contributed by atoms with Crippen molar-refractivity contribution in [2.45, 2.75) is 19.8 Å². The summed E-state index contributed by atoms with van der Waals surface area (Å²) in [6, 6.07) is 9.55. The molecule has 0 radical (unpaired) electrons. The summed E-state index contributed by atoms with van der Waals surface area (Å²) in [5.74, 6) is -0.242. The molecule has 0 amide bonds. The number of ketones is 1. The van der Waals surface area contributed by atoms with Gasteiger partial charge in [-0.2, -0.15) is 0 Å². The maximum atomic E-state index is 11.5. The maximum Gasteiger partial charge on any atom is 0.335 e. The van der Waals surface area contributed by atoms with Crippen LogP contribution in [0.15, 0.2) is 30.3 Å². The molecule has 5 heteroatoms. The van der Waals surface area contributed by atoms with E-state index in [1.165, 1.54) is 0 Å². The molecule has 0 fully saturated rings. The first-order chi connectivity index (χ1) is 8.03. The third-order valence-corrected chi connectivity index (χ3v) is 3.66. The highest BCUT2D eigenvalue weighted by atomic mass is 31.2. The van der Waals surface area contributed by atoms with E-state index >= 15 is 0 Å². The molecule has 1 aromatic carbocycles. The summed E-state index contributed by atoms with van der Waals surface area (Å²) in [6.45, 7) is 1.76. The van der Waals surface area contributed by atoms with Crippen LogP contribution in [-0.4, -0.2) is 23.4 Å². The van der Waals surface area contributed by atoms with Crippen molar-refractivity contribution >= 4 is 13.4 Å². The average Bonchev–Trinajstić information content (AvgIpc) is 2.27. The van der Waals surface area contributed by atoms with E-state index in [1.807, 2.05) is 30.3 Å². The summed E-state index contributed by atoms with van der Waals surface area (Å²) < 4.78 is 16.0. The molecular formula is C12H17O4P.